The summed E-state index contributed by atoms with van der Waals surface area (Å²) in [7, 11) is 1.73. The van der Waals surface area contributed by atoms with Crippen molar-refractivity contribution in [2.75, 3.05) is 20.3 Å². The number of hydrogen-bond donors (Lipinski definition) is 1. The molecule has 0 saturated carbocycles. The van der Waals surface area contributed by atoms with Crippen LogP contribution in [0.2, 0.25) is 0 Å². The van der Waals surface area contributed by atoms with E-state index in [0.717, 1.165) is 31.5 Å². The zero-order valence-electron chi connectivity index (χ0n) is 11.7. The van der Waals surface area contributed by atoms with Gasteiger partial charge in [0, 0.05) is 25.1 Å². The Balaban J connectivity index is 1.89. The molecule has 0 fully saturated rings. The summed E-state index contributed by atoms with van der Waals surface area (Å²) >= 11 is 1.90. The molecule has 0 bridgehead atoms. The van der Waals surface area contributed by atoms with Crippen LogP contribution in [0.15, 0.2) is 0 Å². The maximum Gasteiger partial charge on any atom is 0.107 e. The molecule has 102 valence electrons. The van der Waals surface area contributed by atoms with E-state index >= 15 is 0 Å². The Labute approximate surface area is 114 Å². The Morgan fingerprint density at radius 1 is 1.50 bits per heavy atom. The molecule has 1 aromatic rings. The van der Waals surface area contributed by atoms with Gasteiger partial charge in [0.2, 0.25) is 0 Å². The number of nitrogens with one attached hydrogen (secondary N) is 1. The van der Waals surface area contributed by atoms with Gasteiger partial charge in [0.05, 0.1) is 12.3 Å². The lowest BCUT2D eigenvalue weighted by atomic mass is 9.83. The first-order valence-electron chi connectivity index (χ1n) is 6.87. The van der Waals surface area contributed by atoms with Crippen LogP contribution in [0.1, 0.15) is 35.8 Å². The highest BCUT2D eigenvalue weighted by molar-refractivity contribution is 7.11. The first kappa shape index (κ1) is 14.0. The van der Waals surface area contributed by atoms with E-state index in [-0.39, 0.29) is 0 Å². The number of aryl methyl sites for hydroxylation is 1. The normalized spacial score (nSPS) is 19.2. The SMILES string of the molecule is COCCNCc1nc2c(s1)CC(C(C)C)CC2. The fourth-order valence-electron chi connectivity index (χ4n) is 2.47. The van der Waals surface area contributed by atoms with Crippen LogP contribution >= 0.6 is 11.3 Å². The van der Waals surface area contributed by atoms with Crippen LogP contribution in [-0.2, 0) is 24.1 Å². The maximum absolute atomic E-state index is 5.02. The number of rotatable bonds is 6. The quantitative estimate of drug-likeness (QED) is 0.805. The Bertz CT molecular complexity index is 376. The van der Waals surface area contributed by atoms with Gasteiger partial charge >= 0.3 is 0 Å². The number of ether oxygens (including phenoxy) is 1. The first-order valence-corrected chi connectivity index (χ1v) is 7.69. The number of fused-ring (bicyclic) bond motifs is 1. The van der Waals surface area contributed by atoms with E-state index in [4.69, 9.17) is 9.72 Å². The third-order valence-electron chi connectivity index (χ3n) is 3.72. The molecule has 3 nitrogen and oxygen atoms in total. The highest BCUT2D eigenvalue weighted by Gasteiger charge is 2.24. The lowest BCUT2D eigenvalue weighted by Gasteiger charge is -2.24. The fourth-order valence-corrected chi connectivity index (χ4v) is 3.65. The molecular formula is C14H24N2OS. The van der Waals surface area contributed by atoms with Crippen molar-refractivity contribution in [2.45, 2.75) is 39.7 Å². The zero-order chi connectivity index (χ0) is 13.0. The van der Waals surface area contributed by atoms with Crippen LogP contribution in [0.3, 0.4) is 0 Å². The van der Waals surface area contributed by atoms with Gasteiger partial charge in [-0.05, 0) is 31.1 Å². The number of hydrogen-bond acceptors (Lipinski definition) is 4. The molecule has 0 radical (unpaired) electrons. The van der Waals surface area contributed by atoms with Crippen LogP contribution in [0.5, 0.6) is 0 Å². The summed E-state index contributed by atoms with van der Waals surface area (Å²) < 4.78 is 5.02. The highest BCUT2D eigenvalue weighted by atomic mass is 32.1. The standard InChI is InChI=1S/C14H24N2OS/c1-10(2)11-4-5-12-13(8-11)18-14(16-12)9-15-6-7-17-3/h10-11,15H,4-9H2,1-3H3. The second-order valence-corrected chi connectivity index (χ2v) is 6.56. The van der Waals surface area contributed by atoms with Gasteiger partial charge in [-0.25, -0.2) is 4.98 Å². The summed E-state index contributed by atoms with van der Waals surface area (Å²) in [5.74, 6) is 1.65. The summed E-state index contributed by atoms with van der Waals surface area (Å²) in [6, 6.07) is 0. The predicted molar refractivity (Wildman–Crippen MR) is 76.0 cm³/mol. The topological polar surface area (TPSA) is 34.1 Å². The molecule has 0 aliphatic heterocycles. The monoisotopic (exact) mass is 268 g/mol. The van der Waals surface area contributed by atoms with E-state index in [9.17, 15) is 0 Å². The van der Waals surface area contributed by atoms with Crippen LogP contribution < -0.4 is 5.32 Å². The van der Waals surface area contributed by atoms with Crippen LogP contribution in [0, 0.1) is 11.8 Å². The van der Waals surface area contributed by atoms with E-state index < -0.39 is 0 Å². The highest BCUT2D eigenvalue weighted by Crippen LogP contribution is 2.33. The Morgan fingerprint density at radius 2 is 2.33 bits per heavy atom. The lowest BCUT2D eigenvalue weighted by Crippen LogP contribution is -2.18. The van der Waals surface area contributed by atoms with E-state index in [1.807, 2.05) is 11.3 Å². The maximum atomic E-state index is 5.02. The van der Waals surface area contributed by atoms with Crippen molar-refractivity contribution in [3.63, 3.8) is 0 Å². The number of nitrogens with zero attached hydrogens (tertiary/aromatic N) is 1. The molecule has 1 atom stereocenters. The van der Waals surface area contributed by atoms with Gasteiger partial charge in [0.15, 0.2) is 0 Å². The lowest BCUT2D eigenvalue weighted by molar-refractivity contribution is 0.199. The van der Waals surface area contributed by atoms with Crippen molar-refractivity contribution in [1.82, 2.24) is 10.3 Å². The number of aromatic nitrogens is 1. The molecule has 4 heteroatoms. The van der Waals surface area contributed by atoms with Crippen LogP contribution in [0.25, 0.3) is 0 Å². The Hall–Kier alpha value is -0.450. The largest absolute Gasteiger partial charge is 0.383 e. The van der Waals surface area contributed by atoms with Crippen molar-refractivity contribution in [3.8, 4) is 0 Å². The Morgan fingerprint density at radius 3 is 3.06 bits per heavy atom. The molecule has 0 aromatic carbocycles. The Kier molecular flexibility index (Phi) is 5.15. The summed E-state index contributed by atoms with van der Waals surface area (Å²) in [6.07, 6.45) is 3.72. The summed E-state index contributed by atoms with van der Waals surface area (Å²) in [5.41, 5.74) is 1.36. The van der Waals surface area contributed by atoms with Gasteiger partial charge in [-0.3, -0.25) is 0 Å². The molecule has 18 heavy (non-hydrogen) atoms. The molecule has 1 heterocycles. The molecular weight excluding hydrogens is 244 g/mol. The third kappa shape index (κ3) is 3.53. The molecule has 0 spiro atoms. The zero-order valence-corrected chi connectivity index (χ0v) is 12.5. The molecule has 0 amide bonds. The van der Waals surface area contributed by atoms with Gasteiger partial charge in [-0.15, -0.1) is 11.3 Å². The van der Waals surface area contributed by atoms with Crippen molar-refractivity contribution < 1.29 is 4.74 Å². The van der Waals surface area contributed by atoms with Gasteiger partial charge in [-0.2, -0.15) is 0 Å². The van der Waals surface area contributed by atoms with Gasteiger partial charge < -0.3 is 10.1 Å². The summed E-state index contributed by atoms with van der Waals surface area (Å²) in [6.45, 7) is 7.22. The van der Waals surface area contributed by atoms with Crippen molar-refractivity contribution >= 4 is 11.3 Å². The van der Waals surface area contributed by atoms with Gasteiger partial charge in [0.1, 0.15) is 5.01 Å². The molecule has 1 aromatic heterocycles. The first-order chi connectivity index (χ1) is 8.70. The van der Waals surface area contributed by atoms with Gasteiger partial charge in [0.25, 0.3) is 0 Å². The molecule has 1 aliphatic rings. The smallest absolute Gasteiger partial charge is 0.107 e. The average Bonchev–Trinajstić information content (AvgIpc) is 2.76. The third-order valence-corrected chi connectivity index (χ3v) is 4.84. The minimum Gasteiger partial charge on any atom is -0.383 e. The van der Waals surface area contributed by atoms with E-state index in [2.05, 4.69) is 19.2 Å². The fraction of sp³-hybridized carbons (Fsp3) is 0.786. The number of methoxy groups -OCH3 is 1. The van der Waals surface area contributed by atoms with E-state index in [1.54, 1.807) is 7.11 Å². The summed E-state index contributed by atoms with van der Waals surface area (Å²) in [4.78, 5) is 6.29. The summed E-state index contributed by atoms with van der Waals surface area (Å²) in [5, 5.41) is 4.61. The second kappa shape index (κ2) is 6.64. The molecule has 1 unspecified atom stereocenters. The van der Waals surface area contributed by atoms with E-state index in [1.165, 1.54) is 34.8 Å². The molecule has 2 rings (SSSR count). The van der Waals surface area contributed by atoms with Gasteiger partial charge in [-0.1, -0.05) is 13.8 Å². The molecule has 0 saturated heterocycles. The number of thiazole rings is 1. The average molecular weight is 268 g/mol. The van der Waals surface area contributed by atoms with Crippen LogP contribution in [0.4, 0.5) is 0 Å². The van der Waals surface area contributed by atoms with Crippen molar-refractivity contribution in [2.24, 2.45) is 11.8 Å². The minimum absolute atomic E-state index is 0.764. The minimum atomic E-state index is 0.764. The predicted octanol–water partition coefficient (Wildman–Crippen LogP) is 2.64. The molecule has 1 aliphatic carbocycles. The second-order valence-electron chi connectivity index (χ2n) is 5.39. The van der Waals surface area contributed by atoms with Crippen LogP contribution in [-0.4, -0.2) is 25.2 Å². The van der Waals surface area contributed by atoms with E-state index in [0.29, 0.717) is 0 Å². The van der Waals surface area contributed by atoms with Crippen molar-refractivity contribution in [1.29, 1.82) is 0 Å². The van der Waals surface area contributed by atoms with Crippen molar-refractivity contribution in [3.05, 3.63) is 15.6 Å². The molecule has 1 N–H and O–H groups in total.